The predicted molar refractivity (Wildman–Crippen MR) is 79.6 cm³/mol. The number of halogens is 4. The van der Waals surface area contributed by atoms with E-state index < -0.39 is 35.7 Å². The third-order valence-electron chi connectivity index (χ3n) is 2.78. The fourth-order valence-electron chi connectivity index (χ4n) is 1.81. The third-order valence-corrected chi connectivity index (χ3v) is 3.01. The first-order valence-electron chi connectivity index (χ1n) is 6.55. The molecule has 0 atom stereocenters. The zero-order valence-electron chi connectivity index (χ0n) is 12.2. The lowest BCUT2D eigenvalue weighted by molar-refractivity contribution is -0.137. The van der Waals surface area contributed by atoms with Crippen molar-refractivity contribution in [2.24, 2.45) is 0 Å². The van der Waals surface area contributed by atoms with Gasteiger partial charge in [-0.1, -0.05) is 16.8 Å². The fourth-order valence-corrected chi connectivity index (χ4v) is 1.98. The Morgan fingerprint density at radius 2 is 1.88 bits per heavy atom. The number of rotatable bonds is 4. The van der Waals surface area contributed by atoms with E-state index in [2.05, 4.69) is 10.5 Å². The second-order valence-electron chi connectivity index (χ2n) is 4.78. The molecule has 0 aliphatic heterocycles. The molecule has 0 aliphatic rings. The Labute approximate surface area is 139 Å². The highest BCUT2D eigenvalue weighted by Crippen LogP contribution is 2.36. The molecule has 1 aromatic carbocycles. The standard InChI is InChI=1S/C14H11ClF3N3O3/c1-7-4-11(21-24-7)20-13(23)6-12(22)19-10-3-2-8(15)5-9(10)14(16,17)18/h2-5H,6H2,1H3,(H,19,22)(H,20,21,23). The molecular formula is C14H11ClF3N3O3. The summed E-state index contributed by atoms with van der Waals surface area (Å²) in [5.74, 6) is -1.11. The van der Waals surface area contributed by atoms with Gasteiger partial charge in [0.25, 0.3) is 0 Å². The van der Waals surface area contributed by atoms with Gasteiger partial charge in [0.05, 0.1) is 11.3 Å². The highest BCUT2D eigenvalue weighted by Gasteiger charge is 2.34. The first-order chi connectivity index (χ1) is 11.1. The lowest BCUT2D eigenvalue weighted by Crippen LogP contribution is -2.23. The number of aromatic nitrogens is 1. The van der Waals surface area contributed by atoms with Crippen molar-refractivity contribution in [1.82, 2.24) is 5.16 Å². The third kappa shape index (κ3) is 4.72. The smallest absolute Gasteiger partial charge is 0.360 e. The van der Waals surface area contributed by atoms with E-state index in [4.69, 9.17) is 16.1 Å². The van der Waals surface area contributed by atoms with Crippen molar-refractivity contribution < 1.29 is 27.3 Å². The molecule has 1 heterocycles. The van der Waals surface area contributed by atoms with E-state index >= 15 is 0 Å². The summed E-state index contributed by atoms with van der Waals surface area (Å²) in [6.07, 6.45) is -5.39. The monoisotopic (exact) mass is 361 g/mol. The lowest BCUT2D eigenvalue weighted by atomic mass is 10.1. The average Bonchev–Trinajstić information content (AvgIpc) is 2.84. The molecule has 0 spiro atoms. The highest BCUT2D eigenvalue weighted by atomic mass is 35.5. The molecule has 24 heavy (non-hydrogen) atoms. The van der Waals surface area contributed by atoms with Crippen LogP contribution >= 0.6 is 11.6 Å². The summed E-state index contributed by atoms with van der Waals surface area (Å²) in [5, 5.41) is 7.70. The van der Waals surface area contributed by atoms with Crippen molar-refractivity contribution in [1.29, 1.82) is 0 Å². The van der Waals surface area contributed by atoms with Gasteiger partial charge in [-0.25, -0.2) is 0 Å². The molecule has 128 valence electrons. The summed E-state index contributed by atoms with van der Waals surface area (Å²) >= 11 is 5.54. The minimum atomic E-state index is -4.70. The number of anilines is 2. The number of nitrogens with zero attached hydrogens (tertiary/aromatic N) is 1. The molecule has 1 aromatic heterocycles. The molecule has 0 radical (unpaired) electrons. The minimum absolute atomic E-state index is 0.104. The topological polar surface area (TPSA) is 84.2 Å². The number of amides is 2. The van der Waals surface area contributed by atoms with Gasteiger partial charge < -0.3 is 15.2 Å². The summed E-state index contributed by atoms with van der Waals surface area (Å²) in [6.45, 7) is 1.61. The van der Waals surface area contributed by atoms with Crippen LogP contribution in [0, 0.1) is 6.92 Å². The molecular weight excluding hydrogens is 351 g/mol. The number of aryl methyl sites for hydroxylation is 1. The van der Waals surface area contributed by atoms with Crippen LogP contribution in [0.25, 0.3) is 0 Å². The highest BCUT2D eigenvalue weighted by molar-refractivity contribution is 6.30. The maximum absolute atomic E-state index is 12.9. The minimum Gasteiger partial charge on any atom is -0.360 e. The normalized spacial score (nSPS) is 11.2. The number of benzene rings is 1. The number of hydrogen-bond acceptors (Lipinski definition) is 4. The van der Waals surface area contributed by atoms with Crippen LogP contribution < -0.4 is 10.6 Å². The van der Waals surface area contributed by atoms with Crippen LogP contribution in [0.1, 0.15) is 17.7 Å². The van der Waals surface area contributed by atoms with Crippen LogP contribution in [0.5, 0.6) is 0 Å². The van der Waals surface area contributed by atoms with Gasteiger partial charge in [0.1, 0.15) is 12.2 Å². The van der Waals surface area contributed by atoms with E-state index in [9.17, 15) is 22.8 Å². The second-order valence-corrected chi connectivity index (χ2v) is 5.22. The van der Waals surface area contributed by atoms with Crippen LogP contribution in [-0.4, -0.2) is 17.0 Å². The van der Waals surface area contributed by atoms with Gasteiger partial charge in [-0.3, -0.25) is 9.59 Å². The number of nitrogens with one attached hydrogen (secondary N) is 2. The first kappa shape index (κ1) is 17.8. The molecule has 2 amide bonds. The molecule has 0 saturated carbocycles. The Balaban J connectivity index is 2.03. The summed E-state index contributed by atoms with van der Waals surface area (Å²) in [7, 11) is 0. The van der Waals surface area contributed by atoms with E-state index in [-0.39, 0.29) is 10.8 Å². The molecule has 0 saturated heterocycles. The Kier molecular flexibility index (Phi) is 5.13. The Bertz CT molecular complexity index is 774. The Hall–Kier alpha value is -2.55. The molecule has 2 rings (SSSR count). The average molecular weight is 362 g/mol. The zero-order valence-corrected chi connectivity index (χ0v) is 13.0. The predicted octanol–water partition coefficient (Wildman–Crippen LogP) is 3.62. The van der Waals surface area contributed by atoms with E-state index in [1.54, 1.807) is 6.92 Å². The molecule has 0 unspecified atom stereocenters. The molecule has 10 heteroatoms. The lowest BCUT2D eigenvalue weighted by Gasteiger charge is -2.14. The first-order valence-corrected chi connectivity index (χ1v) is 6.92. The van der Waals surface area contributed by atoms with Gasteiger partial charge in [0.15, 0.2) is 5.82 Å². The Morgan fingerprint density at radius 3 is 2.46 bits per heavy atom. The maximum atomic E-state index is 12.9. The van der Waals surface area contributed by atoms with E-state index in [0.29, 0.717) is 11.8 Å². The Morgan fingerprint density at radius 1 is 1.21 bits per heavy atom. The van der Waals surface area contributed by atoms with E-state index in [1.165, 1.54) is 12.1 Å². The maximum Gasteiger partial charge on any atom is 0.418 e. The number of alkyl halides is 3. The van der Waals surface area contributed by atoms with Gasteiger partial charge in [-0.05, 0) is 25.1 Å². The molecule has 0 aliphatic carbocycles. The van der Waals surface area contributed by atoms with E-state index in [1.807, 2.05) is 5.32 Å². The second kappa shape index (κ2) is 6.91. The molecule has 2 aromatic rings. The van der Waals surface area contributed by atoms with E-state index in [0.717, 1.165) is 6.07 Å². The van der Waals surface area contributed by atoms with Crippen molar-refractivity contribution in [3.63, 3.8) is 0 Å². The van der Waals surface area contributed by atoms with Gasteiger partial charge in [0, 0.05) is 11.1 Å². The number of hydrogen-bond donors (Lipinski definition) is 2. The quantitative estimate of drug-likeness (QED) is 0.814. The van der Waals surface area contributed by atoms with Crippen molar-refractivity contribution in [3.8, 4) is 0 Å². The van der Waals surface area contributed by atoms with Crippen LogP contribution in [-0.2, 0) is 15.8 Å². The van der Waals surface area contributed by atoms with Crippen LogP contribution in [0.3, 0.4) is 0 Å². The van der Waals surface area contributed by atoms with Crippen molar-refractivity contribution >= 4 is 34.9 Å². The van der Waals surface area contributed by atoms with Gasteiger partial charge >= 0.3 is 6.18 Å². The van der Waals surface area contributed by atoms with Crippen molar-refractivity contribution in [3.05, 3.63) is 40.6 Å². The number of carbonyl (C=O) groups excluding carboxylic acids is 2. The van der Waals surface area contributed by atoms with Crippen molar-refractivity contribution in [2.45, 2.75) is 19.5 Å². The SMILES string of the molecule is Cc1cc(NC(=O)CC(=O)Nc2ccc(Cl)cc2C(F)(F)F)no1. The number of carbonyl (C=O) groups is 2. The van der Waals surface area contributed by atoms with Gasteiger partial charge in [0.2, 0.25) is 11.8 Å². The molecule has 0 bridgehead atoms. The summed E-state index contributed by atoms with van der Waals surface area (Å²) < 4.78 is 43.5. The zero-order chi connectivity index (χ0) is 17.9. The van der Waals surface area contributed by atoms with Gasteiger partial charge in [-0.2, -0.15) is 13.2 Å². The fraction of sp³-hybridized carbons (Fsp3) is 0.214. The summed E-state index contributed by atoms with van der Waals surface area (Å²) in [5.41, 5.74) is -1.59. The van der Waals surface area contributed by atoms with Gasteiger partial charge in [-0.15, -0.1) is 0 Å². The van der Waals surface area contributed by atoms with Crippen LogP contribution in [0.2, 0.25) is 5.02 Å². The van der Waals surface area contributed by atoms with Crippen LogP contribution in [0.15, 0.2) is 28.8 Å². The summed E-state index contributed by atoms with van der Waals surface area (Å²) in [4.78, 5) is 23.4. The van der Waals surface area contributed by atoms with Crippen LogP contribution in [0.4, 0.5) is 24.7 Å². The molecule has 6 nitrogen and oxygen atoms in total. The largest absolute Gasteiger partial charge is 0.418 e. The molecule has 2 N–H and O–H groups in total. The van der Waals surface area contributed by atoms with Crippen molar-refractivity contribution in [2.75, 3.05) is 10.6 Å². The summed E-state index contributed by atoms with van der Waals surface area (Å²) in [6, 6.07) is 4.33. The molecule has 0 fully saturated rings.